The summed E-state index contributed by atoms with van der Waals surface area (Å²) in [6, 6.07) is 16.6. The fourth-order valence-electron chi connectivity index (χ4n) is 5.38. The molecule has 1 saturated heterocycles. The molecule has 0 saturated carbocycles. The molecule has 4 rings (SSSR count). The van der Waals surface area contributed by atoms with Gasteiger partial charge in [-0.05, 0) is 96.4 Å². The molecule has 1 aliphatic rings. The van der Waals surface area contributed by atoms with Crippen molar-refractivity contribution in [3.05, 3.63) is 94.8 Å². The summed E-state index contributed by atoms with van der Waals surface area (Å²) in [5.74, 6) is -1.87. The lowest BCUT2D eigenvalue weighted by molar-refractivity contribution is -0.139. The third-order valence-corrected chi connectivity index (χ3v) is 7.24. The van der Waals surface area contributed by atoms with Gasteiger partial charge in [-0.1, -0.05) is 56.7 Å². The topological polar surface area (TPSA) is 40.5 Å². The Morgan fingerprint density at radius 3 is 2.05 bits per heavy atom. The van der Waals surface area contributed by atoms with Crippen molar-refractivity contribution in [2.24, 2.45) is 5.92 Å². The van der Waals surface area contributed by atoms with Gasteiger partial charge in [0.2, 0.25) is 0 Å². The van der Waals surface area contributed by atoms with Gasteiger partial charge >= 0.3 is 12.1 Å². The van der Waals surface area contributed by atoms with Crippen LogP contribution in [0, 0.1) is 11.7 Å². The fourth-order valence-corrected chi connectivity index (χ4v) is 5.38. The minimum Gasteiger partial charge on any atom is -0.481 e. The van der Waals surface area contributed by atoms with E-state index < -0.39 is 23.6 Å². The van der Waals surface area contributed by atoms with Crippen LogP contribution in [-0.2, 0) is 11.0 Å². The first-order valence-corrected chi connectivity index (χ1v) is 13.1. The molecular weight excluding hydrogens is 494 g/mol. The zero-order valence-electron chi connectivity index (χ0n) is 21.6. The Bertz CT molecular complexity index is 1230. The van der Waals surface area contributed by atoms with E-state index in [9.17, 15) is 27.5 Å². The molecule has 0 spiro atoms. The number of hydrogen-bond acceptors (Lipinski definition) is 2. The number of likely N-dealkylation sites (tertiary alicyclic amines) is 1. The highest BCUT2D eigenvalue weighted by Gasteiger charge is 2.31. The standard InChI is InChI=1S/C31H33F4NO2/c1-20(2)18-28(30(37)38)23-10-15-26(27(19-23)21-6-11-24(12-7-21)31(33,34)35)29(36-16-4-3-5-17-36)22-8-13-25(32)14-9-22/h6-15,19-20,28-29H,3-5,16-18H2,1-2H3,(H,37,38)/t28-,29-/m1/s1. The largest absolute Gasteiger partial charge is 0.481 e. The highest BCUT2D eigenvalue weighted by molar-refractivity contribution is 5.78. The molecule has 3 nitrogen and oxygen atoms in total. The van der Waals surface area contributed by atoms with Crippen molar-refractivity contribution in [2.75, 3.05) is 13.1 Å². The number of benzene rings is 3. The first-order valence-electron chi connectivity index (χ1n) is 13.1. The zero-order chi connectivity index (χ0) is 27.4. The first kappa shape index (κ1) is 27.8. The molecule has 7 heteroatoms. The predicted octanol–water partition coefficient (Wildman–Crippen LogP) is 8.30. The van der Waals surface area contributed by atoms with Crippen molar-refractivity contribution < 1.29 is 27.5 Å². The van der Waals surface area contributed by atoms with Crippen LogP contribution in [-0.4, -0.2) is 29.1 Å². The first-order chi connectivity index (χ1) is 18.0. The second-order valence-electron chi connectivity index (χ2n) is 10.5. The molecule has 0 amide bonds. The molecule has 202 valence electrons. The summed E-state index contributed by atoms with van der Waals surface area (Å²) in [7, 11) is 0. The minimum absolute atomic E-state index is 0.144. The maximum atomic E-state index is 13.8. The molecule has 2 atom stereocenters. The van der Waals surface area contributed by atoms with Gasteiger partial charge in [-0.2, -0.15) is 13.2 Å². The van der Waals surface area contributed by atoms with Crippen LogP contribution in [0.1, 0.15) is 73.7 Å². The van der Waals surface area contributed by atoms with Crippen LogP contribution in [0.25, 0.3) is 11.1 Å². The van der Waals surface area contributed by atoms with Gasteiger partial charge in [0.05, 0.1) is 17.5 Å². The number of halogens is 4. The van der Waals surface area contributed by atoms with Gasteiger partial charge in [0.25, 0.3) is 0 Å². The molecule has 0 unspecified atom stereocenters. The molecule has 3 aromatic carbocycles. The lowest BCUT2D eigenvalue weighted by Crippen LogP contribution is -2.34. The van der Waals surface area contributed by atoms with Crippen molar-refractivity contribution in [1.82, 2.24) is 4.90 Å². The summed E-state index contributed by atoms with van der Waals surface area (Å²) in [5, 5.41) is 9.98. The number of carboxylic acids is 1. The van der Waals surface area contributed by atoms with Gasteiger partial charge in [-0.15, -0.1) is 0 Å². The number of rotatable bonds is 8. The van der Waals surface area contributed by atoms with E-state index in [1.807, 2.05) is 32.0 Å². The molecule has 0 bridgehead atoms. The van der Waals surface area contributed by atoms with E-state index in [0.29, 0.717) is 23.1 Å². The number of nitrogens with zero attached hydrogens (tertiary/aromatic N) is 1. The van der Waals surface area contributed by atoms with Crippen molar-refractivity contribution in [1.29, 1.82) is 0 Å². The van der Waals surface area contributed by atoms with Crippen molar-refractivity contribution in [3.63, 3.8) is 0 Å². The Morgan fingerprint density at radius 2 is 1.50 bits per heavy atom. The van der Waals surface area contributed by atoms with E-state index in [1.54, 1.807) is 12.1 Å². The van der Waals surface area contributed by atoms with E-state index in [4.69, 9.17) is 0 Å². The molecule has 38 heavy (non-hydrogen) atoms. The smallest absolute Gasteiger partial charge is 0.416 e. The molecular formula is C31H33F4NO2. The molecule has 1 aliphatic heterocycles. The van der Waals surface area contributed by atoms with Crippen LogP contribution in [0.4, 0.5) is 17.6 Å². The summed E-state index contributed by atoms with van der Waals surface area (Å²) in [5.41, 5.74) is 2.87. The monoisotopic (exact) mass is 527 g/mol. The van der Waals surface area contributed by atoms with Gasteiger partial charge in [-0.3, -0.25) is 9.69 Å². The second-order valence-corrected chi connectivity index (χ2v) is 10.5. The fraction of sp³-hybridized carbons (Fsp3) is 0.387. The van der Waals surface area contributed by atoms with Crippen LogP contribution in [0.3, 0.4) is 0 Å². The number of alkyl halides is 3. The van der Waals surface area contributed by atoms with Crippen LogP contribution >= 0.6 is 0 Å². The van der Waals surface area contributed by atoms with Gasteiger partial charge in [-0.25, -0.2) is 4.39 Å². The Hall–Kier alpha value is -3.19. The lowest BCUT2D eigenvalue weighted by Gasteiger charge is -2.36. The van der Waals surface area contributed by atoms with Crippen molar-refractivity contribution in [3.8, 4) is 11.1 Å². The number of piperidine rings is 1. The SMILES string of the molecule is CC(C)C[C@@H](C(=O)O)c1ccc([C@@H](c2ccc(F)cc2)N2CCCCC2)c(-c2ccc(C(F)(F)F)cc2)c1. The number of carbonyl (C=O) groups is 1. The molecule has 0 radical (unpaired) electrons. The maximum absolute atomic E-state index is 13.8. The lowest BCUT2D eigenvalue weighted by atomic mass is 9.83. The highest BCUT2D eigenvalue weighted by atomic mass is 19.4. The summed E-state index contributed by atoms with van der Waals surface area (Å²) in [6.07, 6.45) is -0.872. The highest BCUT2D eigenvalue weighted by Crippen LogP contribution is 2.40. The Labute approximate surface area is 221 Å². The van der Waals surface area contributed by atoms with Gasteiger partial charge in [0, 0.05) is 0 Å². The Morgan fingerprint density at radius 1 is 0.895 bits per heavy atom. The number of aliphatic carboxylic acids is 1. The van der Waals surface area contributed by atoms with E-state index in [-0.39, 0.29) is 17.8 Å². The Kier molecular flexibility index (Phi) is 8.56. The molecule has 1 fully saturated rings. The van der Waals surface area contributed by atoms with E-state index in [2.05, 4.69) is 4.90 Å². The number of carboxylic acid groups (broad SMARTS) is 1. The van der Waals surface area contributed by atoms with E-state index in [1.165, 1.54) is 24.3 Å². The Balaban J connectivity index is 1.90. The van der Waals surface area contributed by atoms with E-state index in [0.717, 1.165) is 55.6 Å². The molecule has 0 aliphatic carbocycles. The maximum Gasteiger partial charge on any atom is 0.416 e. The normalized spacial score (nSPS) is 16.4. The third kappa shape index (κ3) is 6.44. The van der Waals surface area contributed by atoms with Crippen molar-refractivity contribution >= 4 is 5.97 Å². The molecule has 1 N–H and O–H groups in total. The van der Waals surface area contributed by atoms with Gasteiger partial charge < -0.3 is 5.11 Å². The quantitative estimate of drug-likeness (QED) is 0.300. The average Bonchev–Trinajstić information content (AvgIpc) is 2.89. The van der Waals surface area contributed by atoms with Crippen molar-refractivity contribution in [2.45, 2.75) is 57.7 Å². The van der Waals surface area contributed by atoms with Crippen LogP contribution in [0.15, 0.2) is 66.7 Å². The van der Waals surface area contributed by atoms with Crippen LogP contribution < -0.4 is 0 Å². The van der Waals surface area contributed by atoms with Crippen LogP contribution in [0.2, 0.25) is 0 Å². The predicted molar refractivity (Wildman–Crippen MR) is 140 cm³/mol. The average molecular weight is 528 g/mol. The summed E-state index contributed by atoms with van der Waals surface area (Å²) >= 11 is 0. The zero-order valence-corrected chi connectivity index (χ0v) is 21.6. The third-order valence-electron chi connectivity index (χ3n) is 7.24. The summed E-state index contributed by atoms with van der Waals surface area (Å²) in [6.45, 7) is 5.59. The number of hydrogen-bond donors (Lipinski definition) is 1. The summed E-state index contributed by atoms with van der Waals surface area (Å²) in [4.78, 5) is 14.5. The second kappa shape index (κ2) is 11.7. The minimum atomic E-state index is -4.46. The molecule has 0 aromatic heterocycles. The molecule has 3 aromatic rings. The van der Waals surface area contributed by atoms with Crippen LogP contribution in [0.5, 0.6) is 0 Å². The van der Waals surface area contributed by atoms with Gasteiger partial charge in [0.15, 0.2) is 0 Å². The summed E-state index contributed by atoms with van der Waals surface area (Å²) < 4.78 is 53.7. The van der Waals surface area contributed by atoms with Gasteiger partial charge in [0.1, 0.15) is 5.82 Å². The van der Waals surface area contributed by atoms with E-state index >= 15 is 0 Å². The molecule has 1 heterocycles.